The highest BCUT2D eigenvalue weighted by molar-refractivity contribution is 6.31. The second kappa shape index (κ2) is 4.90. The maximum atomic E-state index is 12.8. The predicted molar refractivity (Wildman–Crippen MR) is 63.3 cm³/mol. The van der Waals surface area contributed by atoms with Gasteiger partial charge in [0.05, 0.1) is 0 Å². The molecule has 0 aliphatic carbocycles. The average molecular weight is 284 g/mol. The van der Waals surface area contributed by atoms with Crippen LogP contribution in [0.1, 0.15) is 29.2 Å². The van der Waals surface area contributed by atoms with Crippen LogP contribution in [0.4, 0.5) is 8.78 Å². The van der Waals surface area contributed by atoms with Gasteiger partial charge in [0.1, 0.15) is 23.2 Å². The summed E-state index contributed by atoms with van der Waals surface area (Å²) in [6.07, 6.45) is -2.88. The molecule has 0 aliphatic heterocycles. The van der Waals surface area contributed by atoms with Gasteiger partial charge in [0.15, 0.2) is 11.0 Å². The standard InChI is InChI=1S/C11H8ClF2N5/c1-5-3-8(17-6(2)16-5)19-10(12)7(4-15)9(18-19)11(13)14/h3,11H,1-2H3. The van der Waals surface area contributed by atoms with E-state index < -0.39 is 12.1 Å². The molecular formula is C11H8ClF2N5. The highest BCUT2D eigenvalue weighted by Gasteiger charge is 2.24. The fraction of sp³-hybridized carbons (Fsp3) is 0.273. The van der Waals surface area contributed by atoms with Gasteiger partial charge in [-0.1, -0.05) is 11.6 Å². The van der Waals surface area contributed by atoms with E-state index in [0.29, 0.717) is 11.5 Å². The zero-order valence-electron chi connectivity index (χ0n) is 10.0. The molecule has 19 heavy (non-hydrogen) atoms. The highest BCUT2D eigenvalue weighted by atomic mass is 35.5. The molecule has 0 spiro atoms. The average Bonchev–Trinajstić information content (AvgIpc) is 2.65. The lowest BCUT2D eigenvalue weighted by atomic mass is 10.3. The Morgan fingerprint density at radius 2 is 2.05 bits per heavy atom. The van der Waals surface area contributed by atoms with Gasteiger partial charge in [-0.2, -0.15) is 10.4 Å². The summed E-state index contributed by atoms with van der Waals surface area (Å²) in [5.74, 6) is 0.706. The van der Waals surface area contributed by atoms with Crippen molar-refractivity contribution in [3.63, 3.8) is 0 Å². The van der Waals surface area contributed by atoms with Gasteiger partial charge < -0.3 is 0 Å². The summed E-state index contributed by atoms with van der Waals surface area (Å²) in [5, 5.41) is 12.3. The van der Waals surface area contributed by atoms with Crippen molar-refractivity contribution in [2.24, 2.45) is 0 Å². The number of aromatic nitrogens is 4. The summed E-state index contributed by atoms with van der Waals surface area (Å²) in [6.45, 7) is 3.39. The van der Waals surface area contributed by atoms with Crippen LogP contribution < -0.4 is 0 Å². The maximum Gasteiger partial charge on any atom is 0.283 e. The molecular weight excluding hydrogens is 276 g/mol. The Morgan fingerprint density at radius 1 is 1.37 bits per heavy atom. The van der Waals surface area contributed by atoms with Gasteiger partial charge in [0, 0.05) is 11.8 Å². The monoisotopic (exact) mass is 283 g/mol. The topological polar surface area (TPSA) is 67.4 Å². The Hall–Kier alpha value is -2.07. The second-order valence-corrected chi connectivity index (χ2v) is 4.15. The van der Waals surface area contributed by atoms with Crippen LogP contribution in [0.25, 0.3) is 5.82 Å². The van der Waals surface area contributed by atoms with Crippen molar-refractivity contribution in [1.29, 1.82) is 5.26 Å². The molecule has 8 heteroatoms. The number of alkyl halides is 2. The van der Waals surface area contributed by atoms with E-state index in [0.717, 1.165) is 4.68 Å². The van der Waals surface area contributed by atoms with E-state index in [4.69, 9.17) is 16.9 Å². The van der Waals surface area contributed by atoms with Crippen molar-refractivity contribution < 1.29 is 8.78 Å². The summed E-state index contributed by atoms with van der Waals surface area (Å²) >= 11 is 5.90. The van der Waals surface area contributed by atoms with E-state index in [2.05, 4.69) is 15.1 Å². The number of hydrogen-bond acceptors (Lipinski definition) is 4. The Kier molecular flexibility index (Phi) is 3.44. The van der Waals surface area contributed by atoms with Gasteiger partial charge in [-0.15, -0.1) is 0 Å². The lowest BCUT2D eigenvalue weighted by molar-refractivity contribution is 0.145. The van der Waals surface area contributed by atoms with Crippen molar-refractivity contribution >= 4 is 11.6 Å². The minimum absolute atomic E-state index is 0.185. The molecule has 0 radical (unpaired) electrons. The number of nitriles is 1. The minimum Gasteiger partial charge on any atom is -0.238 e. The van der Waals surface area contributed by atoms with Crippen LogP contribution in [-0.2, 0) is 0 Å². The summed E-state index contributed by atoms with van der Waals surface area (Å²) in [7, 11) is 0. The lowest BCUT2D eigenvalue weighted by Gasteiger charge is -2.04. The third-order valence-electron chi connectivity index (χ3n) is 2.34. The van der Waals surface area contributed by atoms with E-state index in [1.165, 1.54) is 0 Å². The van der Waals surface area contributed by atoms with Crippen LogP contribution in [0, 0.1) is 25.2 Å². The molecule has 98 valence electrons. The SMILES string of the molecule is Cc1cc(-n2nc(C(F)F)c(C#N)c2Cl)nc(C)n1. The van der Waals surface area contributed by atoms with Gasteiger partial charge in [-0.05, 0) is 13.8 Å². The first kappa shape index (κ1) is 13.4. The molecule has 0 aromatic carbocycles. The first-order valence-electron chi connectivity index (χ1n) is 5.23. The van der Waals surface area contributed by atoms with Crippen molar-refractivity contribution in [2.75, 3.05) is 0 Å². The summed E-state index contributed by atoms with van der Waals surface area (Å²) in [4.78, 5) is 8.13. The molecule has 2 heterocycles. The van der Waals surface area contributed by atoms with E-state index >= 15 is 0 Å². The molecule has 0 saturated carbocycles. The fourth-order valence-electron chi connectivity index (χ4n) is 1.63. The molecule has 2 aromatic heterocycles. The molecule has 0 unspecified atom stereocenters. The van der Waals surface area contributed by atoms with Gasteiger partial charge in [0.25, 0.3) is 6.43 Å². The first-order valence-corrected chi connectivity index (χ1v) is 5.61. The molecule has 2 aromatic rings. The fourth-order valence-corrected chi connectivity index (χ4v) is 1.89. The molecule has 0 N–H and O–H groups in total. The van der Waals surface area contributed by atoms with Crippen LogP contribution in [0.2, 0.25) is 5.15 Å². The van der Waals surface area contributed by atoms with Crippen molar-refractivity contribution in [3.8, 4) is 11.9 Å². The molecule has 0 amide bonds. The summed E-state index contributed by atoms with van der Waals surface area (Å²) in [5.41, 5.74) is -0.349. The van der Waals surface area contributed by atoms with Crippen LogP contribution in [0.3, 0.4) is 0 Å². The Labute approximate surface area is 112 Å². The number of halogens is 3. The van der Waals surface area contributed by atoms with Gasteiger partial charge in [0.2, 0.25) is 0 Å². The van der Waals surface area contributed by atoms with E-state index in [9.17, 15) is 8.78 Å². The third-order valence-corrected chi connectivity index (χ3v) is 2.69. The first-order chi connectivity index (χ1) is 8.93. The molecule has 5 nitrogen and oxygen atoms in total. The van der Waals surface area contributed by atoms with Crippen molar-refractivity contribution in [2.45, 2.75) is 20.3 Å². The van der Waals surface area contributed by atoms with Crippen molar-refractivity contribution in [1.82, 2.24) is 19.7 Å². The number of rotatable bonds is 2. The van der Waals surface area contributed by atoms with Crippen LogP contribution in [0.15, 0.2) is 6.07 Å². The quantitative estimate of drug-likeness (QED) is 0.850. The summed E-state index contributed by atoms with van der Waals surface area (Å²) < 4.78 is 26.5. The largest absolute Gasteiger partial charge is 0.283 e. The Bertz CT molecular complexity index is 654. The second-order valence-electron chi connectivity index (χ2n) is 3.79. The van der Waals surface area contributed by atoms with Gasteiger partial charge in [-0.25, -0.2) is 23.4 Å². The predicted octanol–water partition coefficient (Wildman–Crippen LogP) is 2.74. The molecule has 0 fully saturated rings. The molecule has 0 bridgehead atoms. The summed E-state index contributed by atoms with van der Waals surface area (Å²) in [6, 6.07) is 3.17. The molecule has 2 rings (SSSR count). The smallest absolute Gasteiger partial charge is 0.238 e. The zero-order valence-corrected chi connectivity index (χ0v) is 10.8. The number of hydrogen-bond donors (Lipinski definition) is 0. The molecule has 0 aliphatic rings. The van der Waals surface area contributed by atoms with Crippen LogP contribution in [-0.4, -0.2) is 19.7 Å². The third kappa shape index (κ3) is 2.39. The lowest BCUT2D eigenvalue weighted by Crippen LogP contribution is -2.04. The zero-order chi connectivity index (χ0) is 14.2. The van der Waals surface area contributed by atoms with Crippen LogP contribution >= 0.6 is 11.6 Å². The highest BCUT2D eigenvalue weighted by Crippen LogP contribution is 2.28. The maximum absolute atomic E-state index is 12.8. The van der Waals surface area contributed by atoms with Crippen LogP contribution in [0.5, 0.6) is 0 Å². The van der Waals surface area contributed by atoms with E-state index in [-0.39, 0.29) is 16.5 Å². The number of aryl methyl sites for hydroxylation is 2. The van der Waals surface area contributed by atoms with Gasteiger partial charge in [-0.3, -0.25) is 0 Å². The Balaban J connectivity index is 2.67. The normalized spacial score (nSPS) is 10.8. The molecule has 0 atom stereocenters. The minimum atomic E-state index is -2.88. The van der Waals surface area contributed by atoms with E-state index in [1.807, 2.05) is 0 Å². The molecule has 0 saturated heterocycles. The Morgan fingerprint density at radius 3 is 2.53 bits per heavy atom. The van der Waals surface area contributed by atoms with Gasteiger partial charge >= 0.3 is 0 Å². The van der Waals surface area contributed by atoms with Crippen molar-refractivity contribution in [3.05, 3.63) is 34.0 Å². The van der Waals surface area contributed by atoms with E-state index in [1.54, 1.807) is 26.0 Å². The number of nitrogens with zero attached hydrogens (tertiary/aromatic N) is 5.